The lowest BCUT2D eigenvalue weighted by atomic mass is 10.0. The Balaban J connectivity index is 1.26. The molecule has 7 nitrogen and oxygen atoms in total. The summed E-state index contributed by atoms with van der Waals surface area (Å²) in [5.41, 5.74) is 0.421. The molecule has 1 amide bonds. The zero-order valence-corrected chi connectivity index (χ0v) is 16.7. The molecule has 1 aromatic carbocycles. The lowest BCUT2D eigenvalue weighted by Crippen LogP contribution is -2.33. The summed E-state index contributed by atoms with van der Waals surface area (Å²) in [4.78, 5) is 27.2. The van der Waals surface area contributed by atoms with Crippen LogP contribution in [0.3, 0.4) is 0 Å². The molecular weight excluding hydrogens is 402 g/mol. The summed E-state index contributed by atoms with van der Waals surface area (Å²) >= 11 is 0. The predicted molar refractivity (Wildman–Crippen MR) is 109 cm³/mol. The van der Waals surface area contributed by atoms with Crippen LogP contribution in [0.2, 0.25) is 0 Å². The van der Waals surface area contributed by atoms with Crippen LogP contribution in [-0.4, -0.2) is 40.2 Å². The van der Waals surface area contributed by atoms with Crippen LogP contribution < -0.4 is 4.90 Å². The highest BCUT2D eigenvalue weighted by Gasteiger charge is 2.46. The first-order valence-electron chi connectivity index (χ1n) is 10.3. The molecule has 0 radical (unpaired) electrons. The second kappa shape index (κ2) is 7.69. The molecule has 1 aromatic heterocycles. The fourth-order valence-corrected chi connectivity index (χ4v) is 5.08. The molecule has 3 atom stereocenters. The Bertz CT molecular complexity index is 1070. The van der Waals surface area contributed by atoms with Crippen molar-refractivity contribution in [1.29, 1.82) is 0 Å². The highest BCUT2D eigenvalue weighted by Crippen LogP contribution is 2.44. The van der Waals surface area contributed by atoms with Gasteiger partial charge in [-0.1, -0.05) is 11.6 Å². The van der Waals surface area contributed by atoms with E-state index in [-0.39, 0.29) is 11.8 Å². The van der Waals surface area contributed by atoms with Crippen LogP contribution in [-0.2, 0) is 4.79 Å². The topological polar surface area (TPSA) is 66.1 Å². The van der Waals surface area contributed by atoms with Crippen LogP contribution in [0.15, 0.2) is 35.6 Å². The van der Waals surface area contributed by atoms with Crippen molar-refractivity contribution in [3.8, 4) is 0 Å². The van der Waals surface area contributed by atoms with E-state index < -0.39 is 17.7 Å². The molecule has 3 unspecified atom stereocenters. The number of halogens is 2. The van der Waals surface area contributed by atoms with Crippen molar-refractivity contribution >= 4 is 23.9 Å². The van der Waals surface area contributed by atoms with Crippen LogP contribution >= 0.6 is 0 Å². The van der Waals surface area contributed by atoms with Crippen LogP contribution in [0, 0.1) is 36.0 Å². The number of rotatable bonds is 3. The minimum Gasteiger partial charge on any atom is -0.360 e. The van der Waals surface area contributed by atoms with Gasteiger partial charge in [0.25, 0.3) is 5.82 Å². The molecule has 1 aliphatic carbocycles. The Morgan fingerprint density at radius 1 is 1.13 bits per heavy atom. The van der Waals surface area contributed by atoms with Crippen molar-refractivity contribution < 1.29 is 13.6 Å². The Morgan fingerprint density at radius 3 is 2.52 bits per heavy atom. The molecule has 5 rings (SSSR count). The van der Waals surface area contributed by atoms with Gasteiger partial charge in [0.05, 0.1) is 6.04 Å². The highest BCUT2D eigenvalue weighted by molar-refractivity contribution is 5.82. The van der Waals surface area contributed by atoms with E-state index in [1.165, 1.54) is 17.1 Å². The molecule has 1 saturated carbocycles. The van der Waals surface area contributed by atoms with Gasteiger partial charge in [-0.15, -0.1) is 0 Å². The average molecular weight is 422 g/mol. The van der Waals surface area contributed by atoms with E-state index in [0.717, 1.165) is 32.0 Å². The summed E-state index contributed by atoms with van der Waals surface area (Å²) < 4.78 is 27.4. The molecule has 3 aliphatic rings. The third-order valence-corrected chi connectivity index (χ3v) is 6.45. The largest absolute Gasteiger partial charge is 0.360 e. The highest BCUT2D eigenvalue weighted by atomic mass is 19.1. The third kappa shape index (κ3) is 3.63. The molecule has 9 heteroatoms. The van der Waals surface area contributed by atoms with Crippen molar-refractivity contribution in [3.63, 3.8) is 0 Å². The maximum Gasteiger partial charge on any atom is 0.322 e. The number of aromatic nitrogens is 2. The van der Waals surface area contributed by atoms with Crippen molar-refractivity contribution in [1.82, 2.24) is 15.0 Å². The van der Waals surface area contributed by atoms with Crippen LogP contribution in [0.4, 0.5) is 20.5 Å². The Kier molecular flexibility index (Phi) is 4.85. The number of nitrogens with zero attached hydrogens (tertiary/aromatic N) is 6. The Labute approximate surface area is 178 Å². The quantitative estimate of drug-likeness (QED) is 0.707. The fourth-order valence-electron chi connectivity index (χ4n) is 5.08. The van der Waals surface area contributed by atoms with Crippen molar-refractivity contribution in [2.75, 3.05) is 18.0 Å². The summed E-state index contributed by atoms with van der Waals surface area (Å²) in [5, 5.41) is 5.63. The molecule has 2 aromatic rings. The van der Waals surface area contributed by atoms with E-state index in [4.69, 9.17) is 6.57 Å². The van der Waals surface area contributed by atoms with Crippen molar-refractivity contribution in [2.45, 2.75) is 25.3 Å². The Morgan fingerprint density at radius 2 is 1.84 bits per heavy atom. The second-order valence-corrected chi connectivity index (χ2v) is 8.36. The van der Waals surface area contributed by atoms with Gasteiger partial charge < -0.3 is 9.74 Å². The van der Waals surface area contributed by atoms with E-state index in [1.807, 2.05) is 0 Å². The van der Waals surface area contributed by atoms with E-state index in [1.54, 1.807) is 18.5 Å². The zero-order chi connectivity index (χ0) is 21.5. The first-order chi connectivity index (χ1) is 15.0. The minimum absolute atomic E-state index is 0.0874. The molecule has 0 spiro atoms. The summed E-state index contributed by atoms with van der Waals surface area (Å²) in [6.07, 6.45) is 5.13. The van der Waals surface area contributed by atoms with Crippen molar-refractivity contribution in [3.05, 3.63) is 59.1 Å². The lowest BCUT2D eigenvalue weighted by Gasteiger charge is -2.26. The van der Waals surface area contributed by atoms with Crippen LogP contribution in [0.1, 0.15) is 30.9 Å². The number of carbonyl (C=O) groups is 1. The van der Waals surface area contributed by atoms with Gasteiger partial charge in [0.2, 0.25) is 5.91 Å². The van der Waals surface area contributed by atoms with Gasteiger partial charge in [0.1, 0.15) is 11.6 Å². The number of benzene rings is 1. The second-order valence-electron chi connectivity index (χ2n) is 8.36. The Hall–Kier alpha value is -3.41. The molecule has 31 heavy (non-hydrogen) atoms. The minimum atomic E-state index is -0.658. The molecular formula is C22H20F2N6O. The standard InChI is InChI=1S/C22H20F2N6O/c1-25-20-3-4-26-22(28-20)29-11-15-6-14(7-16(15)12-29)21(31)30-19(2-5-27-30)13-8-17(23)10-18(24)9-13/h3-5,8-10,14-16,19H,2,6-7,11-12H2. The molecule has 0 bridgehead atoms. The average Bonchev–Trinajstić information content (AvgIpc) is 3.47. The molecule has 2 aliphatic heterocycles. The molecule has 158 valence electrons. The number of carbonyl (C=O) groups excluding carboxylic acids is 1. The molecule has 1 saturated heterocycles. The molecule has 0 N–H and O–H groups in total. The first kappa shape index (κ1) is 19.5. The number of hydrogen-bond acceptors (Lipinski definition) is 5. The van der Waals surface area contributed by atoms with Gasteiger partial charge in [-0.05, 0) is 48.4 Å². The number of amides is 1. The van der Waals surface area contributed by atoms with Gasteiger partial charge in [0, 0.05) is 43.9 Å². The lowest BCUT2D eigenvalue weighted by molar-refractivity contribution is -0.137. The zero-order valence-electron chi connectivity index (χ0n) is 16.7. The van der Waals surface area contributed by atoms with E-state index in [2.05, 4.69) is 24.8 Å². The van der Waals surface area contributed by atoms with Crippen LogP contribution in [0.5, 0.6) is 0 Å². The van der Waals surface area contributed by atoms with E-state index >= 15 is 0 Å². The maximum absolute atomic E-state index is 13.7. The SMILES string of the molecule is [C-]#[N+]c1ccnc(N2CC3CC(C(=O)N4N=CCC4c4cc(F)cc(F)c4)CC3C2)n1. The third-order valence-electron chi connectivity index (χ3n) is 6.45. The maximum atomic E-state index is 13.7. The van der Waals surface area contributed by atoms with E-state index in [9.17, 15) is 13.6 Å². The van der Waals surface area contributed by atoms with Gasteiger partial charge in [-0.2, -0.15) is 5.10 Å². The summed E-state index contributed by atoms with van der Waals surface area (Å²) in [7, 11) is 0. The van der Waals surface area contributed by atoms with Gasteiger partial charge in [-0.3, -0.25) is 4.79 Å². The monoisotopic (exact) mass is 422 g/mol. The number of hydrazone groups is 1. The van der Waals surface area contributed by atoms with Crippen molar-refractivity contribution in [2.24, 2.45) is 22.9 Å². The van der Waals surface area contributed by atoms with E-state index in [0.29, 0.717) is 35.6 Å². The predicted octanol–water partition coefficient (Wildman–Crippen LogP) is 3.73. The smallest absolute Gasteiger partial charge is 0.322 e. The normalized spacial score (nSPS) is 26.9. The number of fused-ring (bicyclic) bond motifs is 1. The summed E-state index contributed by atoms with van der Waals surface area (Å²) in [6.45, 7) is 8.61. The summed E-state index contributed by atoms with van der Waals surface area (Å²) in [6, 6.07) is 4.47. The summed E-state index contributed by atoms with van der Waals surface area (Å²) in [5.74, 6) is -0.00968. The van der Waals surface area contributed by atoms with Gasteiger partial charge >= 0.3 is 5.95 Å². The number of anilines is 1. The molecule has 3 heterocycles. The fraction of sp³-hybridized carbons (Fsp3) is 0.409. The first-order valence-corrected chi connectivity index (χ1v) is 10.3. The van der Waals surface area contributed by atoms with Crippen LogP contribution in [0.25, 0.3) is 4.85 Å². The van der Waals surface area contributed by atoms with Gasteiger partial charge in [-0.25, -0.2) is 18.8 Å². The van der Waals surface area contributed by atoms with Gasteiger partial charge in [0.15, 0.2) is 0 Å². The molecule has 2 fully saturated rings. The number of hydrogen-bond donors (Lipinski definition) is 0.